The number of phenols is 1. The van der Waals surface area contributed by atoms with Gasteiger partial charge in [-0.1, -0.05) is 12.2 Å². The Morgan fingerprint density at radius 3 is 2.39 bits per heavy atom. The van der Waals surface area contributed by atoms with Crippen LogP contribution >= 0.6 is 0 Å². The van der Waals surface area contributed by atoms with E-state index in [1.807, 2.05) is 18.2 Å². The largest absolute Gasteiger partial charge is 0.507 e. The van der Waals surface area contributed by atoms with Gasteiger partial charge in [-0.25, -0.2) is 0 Å². The van der Waals surface area contributed by atoms with E-state index in [9.17, 15) is 9.90 Å². The number of carbonyl (C=O) groups excluding carboxylic acids is 1. The zero-order chi connectivity index (χ0) is 16.1. The molecule has 0 aromatic heterocycles. The number of rotatable bonds is 2. The molecule has 4 heteroatoms. The Morgan fingerprint density at radius 1 is 1.00 bits per heavy atom. The average molecular weight is 306 g/mol. The predicted octanol–water partition coefficient (Wildman–Crippen LogP) is 1.57. The van der Waals surface area contributed by atoms with E-state index in [1.165, 1.54) is 6.08 Å². The molecule has 0 amide bonds. The highest BCUT2D eigenvalue weighted by atomic mass is 16.5. The van der Waals surface area contributed by atoms with Gasteiger partial charge in [0.25, 0.3) is 0 Å². The molecule has 0 atom stereocenters. The van der Waals surface area contributed by atoms with E-state index in [1.54, 1.807) is 32.4 Å². The maximum Gasteiger partial charge on any atom is 0.187 e. The quantitative estimate of drug-likeness (QED) is 0.915. The molecule has 0 spiro atoms. The zero-order valence-electron chi connectivity index (χ0n) is 12.7. The highest BCUT2D eigenvalue weighted by Crippen LogP contribution is 2.35. The number of ketones is 1. The van der Waals surface area contributed by atoms with Crippen molar-refractivity contribution in [1.29, 1.82) is 0 Å². The van der Waals surface area contributed by atoms with Gasteiger partial charge in [0, 0.05) is 11.0 Å². The topological polar surface area (TPSA) is 55.8 Å². The number of hydrogen-bond acceptors (Lipinski definition) is 4. The predicted molar refractivity (Wildman–Crippen MR) is 88.1 cm³/mol. The molecule has 0 aliphatic heterocycles. The zero-order valence-corrected chi connectivity index (χ0v) is 12.7. The van der Waals surface area contributed by atoms with Crippen molar-refractivity contribution in [3.05, 3.63) is 52.4 Å². The lowest BCUT2D eigenvalue weighted by molar-refractivity contribution is -0.109. The fourth-order valence-electron chi connectivity index (χ4n) is 3.23. The molecule has 0 unspecified atom stereocenters. The molecular formula is C19H14O4. The third kappa shape index (κ3) is 1.81. The van der Waals surface area contributed by atoms with Gasteiger partial charge in [-0.3, -0.25) is 4.79 Å². The average Bonchev–Trinajstić information content (AvgIpc) is 2.93. The summed E-state index contributed by atoms with van der Waals surface area (Å²) in [5, 5.41) is 13.6. The van der Waals surface area contributed by atoms with E-state index >= 15 is 0 Å². The number of hydrogen-bond donors (Lipinski definition) is 1. The first-order chi connectivity index (χ1) is 11.1. The van der Waals surface area contributed by atoms with Crippen LogP contribution in [-0.4, -0.2) is 25.1 Å². The number of methoxy groups -OCH3 is 2. The van der Waals surface area contributed by atoms with Crippen LogP contribution in [0.5, 0.6) is 17.2 Å². The Kier molecular flexibility index (Phi) is 2.81. The molecule has 114 valence electrons. The van der Waals surface area contributed by atoms with Crippen LogP contribution in [0.3, 0.4) is 0 Å². The van der Waals surface area contributed by atoms with Gasteiger partial charge in [-0.05, 0) is 51.7 Å². The van der Waals surface area contributed by atoms with Gasteiger partial charge in [0.15, 0.2) is 17.3 Å². The first kappa shape index (κ1) is 13.6. The van der Waals surface area contributed by atoms with Crippen LogP contribution in [0.2, 0.25) is 0 Å². The number of fused-ring (bicyclic) bond motifs is 4. The molecule has 0 radical (unpaired) electrons. The molecule has 0 saturated heterocycles. The SMILES string of the molecule is COc1cc2c(O)cc3c(c2cc1OC)=CC1=CC=CC(=O)C=31. The molecule has 23 heavy (non-hydrogen) atoms. The Morgan fingerprint density at radius 2 is 1.70 bits per heavy atom. The van der Waals surface area contributed by atoms with Crippen LogP contribution in [0.15, 0.2) is 42.0 Å². The molecule has 0 heterocycles. The Hall–Kier alpha value is -3.01. The minimum absolute atomic E-state index is 0.0447. The van der Waals surface area contributed by atoms with Crippen LogP contribution in [0.25, 0.3) is 22.4 Å². The Balaban J connectivity index is 2.20. The van der Waals surface area contributed by atoms with Gasteiger partial charge in [-0.2, -0.15) is 0 Å². The summed E-state index contributed by atoms with van der Waals surface area (Å²) in [6, 6.07) is 5.23. The van der Waals surface area contributed by atoms with Gasteiger partial charge in [-0.15, -0.1) is 0 Å². The van der Waals surface area contributed by atoms with E-state index in [0.29, 0.717) is 22.5 Å². The monoisotopic (exact) mass is 306 g/mol. The summed E-state index contributed by atoms with van der Waals surface area (Å²) < 4.78 is 10.7. The van der Waals surface area contributed by atoms with Gasteiger partial charge >= 0.3 is 0 Å². The molecule has 4 nitrogen and oxygen atoms in total. The van der Waals surface area contributed by atoms with Crippen molar-refractivity contribution in [2.75, 3.05) is 14.2 Å². The van der Waals surface area contributed by atoms with E-state index in [-0.39, 0.29) is 11.5 Å². The molecule has 2 aromatic carbocycles. The van der Waals surface area contributed by atoms with Crippen molar-refractivity contribution >= 4 is 28.2 Å². The van der Waals surface area contributed by atoms with Crippen molar-refractivity contribution in [3.63, 3.8) is 0 Å². The molecule has 2 aliphatic carbocycles. The van der Waals surface area contributed by atoms with E-state index in [4.69, 9.17) is 9.47 Å². The third-order valence-electron chi connectivity index (χ3n) is 4.29. The molecule has 2 aromatic rings. The second-order valence-corrected chi connectivity index (χ2v) is 5.47. The van der Waals surface area contributed by atoms with Gasteiger partial charge in [0.05, 0.1) is 14.2 Å². The lowest BCUT2D eigenvalue weighted by atomic mass is 9.98. The number of aromatic hydroxyl groups is 1. The number of allylic oxidation sites excluding steroid dienone is 4. The first-order valence-corrected chi connectivity index (χ1v) is 7.21. The molecule has 0 fully saturated rings. The summed E-state index contributed by atoms with van der Waals surface area (Å²) in [4.78, 5) is 12.2. The fraction of sp³-hybridized carbons (Fsp3) is 0.105. The highest BCUT2D eigenvalue weighted by Gasteiger charge is 2.21. The molecule has 0 bridgehead atoms. The second kappa shape index (κ2) is 4.74. The molecular weight excluding hydrogens is 292 g/mol. The molecule has 1 N–H and O–H groups in total. The lowest BCUT2D eigenvalue weighted by Gasteiger charge is -2.10. The first-order valence-electron chi connectivity index (χ1n) is 7.21. The second-order valence-electron chi connectivity index (χ2n) is 5.47. The number of carbonyl (C=O) groups is 1. The summed E-state index contributed by atoms with van der Waals surface area (Å²) in [6.07, 6.45) is 7.16. The Bertz CT molecular complexity index is 1060. The van der Waals surface area contributed by atoms with Crippen molar-refractivity contribution < 1.29 is 19.4 Å². The molecule has 0 saturated carbocycles. The van der Waals surface area contributed by atoms with Crippen molar-refractivity contribution in [1.82, 2.24) is 0 Å². The third-order valence-corrected chi connectivity index (χ3v) is 4.29. The van der Waals surface area contributed by atoms with Crippen molar-refractivity contribution in [2.24, 2.45) is 0 Å². The van der Waals surface area contributed by atoms with Gasteiger partial charge in [0.1, 0.15) is 5.75 Å². The standard InChI is InChI=1S/C19H14O4/c1-22-17-8-12-11-6-10-4-3-5-15(20)19(10)14(11)7-16(21)13(12)9-18(17)23-2/h3-9,21H,1-2H3. The molecule has 4 rings (SSSR count). The summed E-state index contributed by atoms with van der Waals surface area (Å²) in [6.45, 7) is 0. The minimum Gasteiger partial charge on any atom is -0.507 e. The number of phenolic OH excluding ortho intramolecular Hbond substituents is 1. The lowest BCUT2D eigenvalue weighted by Crippen LogP contribution is -2.25. The van der Waals surface area contributed by atoms with Crippen LogP contribution in [0, 0.1) is 0 Å². The van der Waals surface area contributed by atoms with Gasteiger partial charge in [0.2, 0.25) is 0 Å². The summed E-state index contributed by atoms with van der Waals surface area (Å²) >= 11 is 0. The highest BCUT2D eigenvalue weighted by molar-refractivity contribution is 6.30. The van der Waals surface area contributed by atoms with Gasteiger partial charge < -0.3 is 14.6 Å². The normalized spacial score (nSPS) is 15.1. The van der Waals surface area contributed by atoms with E-state index < -0.39 is 0 Å². The summed E-state index contributed by atoms with van der Waals surface area (Å²) in [7, 11) is 3.13. The smallest absolute Gasteiger partial charge is 0.187 e. The molecule has 2 aliphatic rings. The number of benzene rings is 2. The maximum atomic E-state index is 12.2. The van der Waals surface area contributed by atoms with Crippen LogP contribution in [0.4, 0.5) is 0 Å². The van der Waals surface area contributed by atoms with Crippen LogP contribution < -0.4 is 19.9 Å². The van der Waals surface area contributed by atoms with Crippen molar-refractivity contribution in [3.8, 4) is 17.2 Å². The Labute approximate surface area is 132 Å². The fourth-order valence-corrected chi connectivity index (χ4v) is 3.23. The summed E-state index contributed by atoms with van der Waals surface area (Å²) in [5.41, 5.74) is 1.50. The van der Waals surface area contributed by atoms with Crippen LogP contribution in [-0.2, 0) is 4.79 Å². The minimum atomic E-state index is -0.0447. The van der Waals surface area contributed by atoms with Crippen molar-refractivity contribution in [2.45, 2.75) is 0 Å². The van der Waals surface area contributed by atoms with E-state index in [2.05, 4.69) is 0 Å². The number of ether oxygens (including phenoxy) is 2. The van der Waals surface area contributed by atoms with Crippen LogP contribution in [0.1, 0.15) is 0 Å². The maximum absolute atomic E-state index is 12.2. The summed E-state index contributed by atoms with van der Waals surface area (Å²) in [5.74, 6) is 1.20. The van der Waals surface area contributed by atoms with E-state index in [0.717, 1.165) is 21.4 Å².